The molecule has 2 aromatic rings. The summed E-state index contributed by atoms with van der Waals surface area (Å²) in [6.45, 7) is 23.4. The Labute approximate surface area is 296 Å². The molecule has 1 aromatic carbocycles. The first-order valence-electron chi connectivity index (χ1n) is 19.1. The van der Waals surface area contributed by atoms with Gasteiger partial charge in [-0.1, -0.05) is 39.0 Å². The molecule has 0 amide bonds. The lowest BCUT2D eigenvalue weighted by Crippen LogP contribution is -2.62. The largest absolute Gasteiger partial charge is 0.478 e. The van der Waals surface area contributed by atoms with Gasteiger partial charge in [0.2, 0.25) is 5.90 Å². The molecule has 0 radical (unpaired) electrons. The van der Waals surface area contributed by atoms with Gasteiger partial charge >= 0.3 is 0 Å². The van der Waals surface area contributed by atoms with Gasteiger partial charge in [-0.25, -0.2) is 0 Å². The number of fused-ring (bicyclic) bond motifs is 11. The average molecular weight is 679 g/mol. The van der Waals surface area contributed by atoms with Gasteiger partial charge < -0.3 is 24.3 Å². The number of ketones is 1. The molecule has 0 saturated heterocycles. The van der Waals surface area contributed by atoms with Gasteiger partial charge in [0.25, 0.3) is 0 Å². The number of hydrogen-bond donors (Lipinski definition) is 2. The molecule has 0 spiro atoms. The van der Waals surface area contributed by atoms with Crippen LogP contribution in [0.3, 0.4) is 0 Å². The number of Topliss-reactive ketones (excluding diaryl/α,β-unsaturated/α-hetero) is 1. The van der Waals surface area contributed by atoms with E-state index in [2.05, 4.69) is 82.8 Å². The van der Waals surface area contributed by atoms with Crippen LogP contribution in [0, 0.1) is 28.6 Å². The molecule has 50 heavy (non-hydrogen) atoms. The first-order chi connectivity index (χ1) is 23.5. The highest BCUT2D eigenvalue weighted by molar-refractivity contribution is 6.18. The summed E-state index contributed by atoms with van der Waals surface area (Å²) < 4.78 is 14.8. The normalized spacial score (nSPS) is 40.5. The Bertz CT molecular complexity index is 1990. The Morgan fingerprint density at radius 2 is 1.86 bits per heavy atom. The molecule has 2 saturated carbocycles. The van der Waals surface area contributed by atoms with Crippen LogP contribution in [-0.4, -0.2) is 56.9 Å². The van der Waals surface area contributed by atoms with Crippen molar-refractivity contribution < 1.29 is 24.5 Å². The van der Waals surface area contributed by atoms with Crippen molar-refractivity contribution in [2.75, 3.05) is 13.2 Å². The van der Waals surface area contributed by atoms with Gasteiger partial charge in [-0.15, -0.1) is 0 Å². The van der Waals surface area contributed by atoms with E-state index in [0.717, 1.165) is 72.9 Å². The van der Waals surface area contributed by atoms with E-state index in [9.17, 15) is 15.0 Å². The van der Waals surface area contributed by atoms with Crippen molar-refractivity contribution in [3.8, 4) is 0 Å². The third kappa shape index (κ3) is 3.87. The number of ether oxygens (including phenoxy) is 2. The first kappa shape index (κ1) is 32.9. The van der Waals surface area contributed by atoms with Crippen LogP contribution in [0.2, 0.25) is 0 Å². The Balaban J connectivity index is 1.26. The number of carbonyl (C=O) groups excluding carboxylic acids is 1. The van der Waals surface area contributed by atoms with E-state index in [-0.39, 0.29) is 28.4 Å². The van der Waals surface area contributed by atoms with E-state index in [0.29, 0.717) is 24.0 Å². The van der Waals surface area contributed by atoms with Gasteiger partial charge in [0.1, 0.15) is 6.04 Å². The molecule has 9 rings (SSSR count). The van der Waals surface area contributed by atoms with Gasteiger partial charge in [-0.3, -0.25) is 9.79 Å². The number of allylic oxidation sites excluding steroid dienone is 1. The lowest BCUT2D eigenvalue weighted by molar-refractivity contribution is -0.144. The van der Waals surface area contributed by atoms with E-state index in [1.54, 1.807) is 0 Å². The number of aliphatic hydroxyl groups is 2. The molecule has 7 heteroatoms. The number of rotatable bonds is 3. The van der Waals surface area contributed by atoms with E-state index >= 15 is 0 Å². The highest BCUT2D eigenvalue weighted by Crippen LogP contribution is 2.71. The maximum Gasteiger partial charge on any atom is 0.208 e. The molecule has 4 aliphatic carbocycles. The lowest BCUT2D eigenvalue weighted by Gasteiger charge is -2.64. The summed E-state index contributed by atoms with van der Waals surface area (Å²) in [5.74, 6) is 1.12. The summed E-state index contributed by atoms with van der Waals surface area (Å²) in [6, 6.07) is 1.82. The van der Waals surface area contributed by atoms with Crippen molar-refractivity contribution >= 4 is 28.2 Å². The van der Waals surface area contributed by atoms with Crippen LogP contribution in [0.25, 0.3) is 16.5 Å². The molecule has 3 aliphatic heterocycles. The van der Waals surface area contributed by atoms with Crippen molar-refractivity contribution in [1.82, 2.24) is 4.57 Å². The topological polar surface area (TPSA) is 93.3 Å². The minimum Gasteiger partial charge on any atom is -0.478 e. The van der Waals surface area contributed by atoms with Crippen molar-refractivity contribution in [2.45, 2.75) is 129 Å². The van der Waals surface area contributed by atoms with Crippen molar-refractivity contribution in [3.63, 3.8) is 0 Å². The number of carbonyl (C=O) groups is 1. The molecule has 2 fully saturated rings. The number of aromatic nitrogens is 1. The van der Waals surface area contributed by atoms with E-state index in [1.807, 2.05) is 13.0 Å². The van der Waals surface area contributed by atoms with Crippen LogP contribution in [0.5, 0.6) is 0 Å². The molecular formula is C43H54N2O5. The molecule has 7 aliphatic rings. The van der Waals surface area contributed by atoms with Gasteiger partial charge in [0.05, 0.1) is 41.1 Å². The molecular weight excluding hydrogens is 624 g/mol. The van der Waals surface area contributed by atoms with E-state index < -0.39 is 34.9 Å². The Morgan fingerprint density at radius 1 is 1.10 bits per heavy atom. The fourth-order valence-electron chi connectivity index (χ4n) is 12.9. The summed E-state index contributed by atoms with van der Waals surface area (Å²) in [4.78, 5) is 19.5. The van der Waals surface area contributed by atoms with Crippen LogP contribution in [0.1, 0.15) is 132 Å². The fourth-order valence-corrected chi connectivity index (χ4v) is 12.9. The quantitative estimate of drug-likeness (QED) is 0.321. The summed E-state index contributed by atoms with van der Waals surface area (Å²) in [5.41, 5.74) is 6.13. The second-order valence-electron chi connectivity index (χ2n) is 18.6. The standard InChI is InChI=1S/C43H54N2O5/c1-22(2)34-37(48)32-31-24(27-21-39(3,4)50-40(5,6)33(27)36(31)47)20-25-26-19-23-11-12-28-41(7,15-14-30-44-17-10-18-49-30)29(46)13-16-42(28,8)43(23,9)38(26)45(34)35(25)32/h14-15,20-21,23,28-29,33-34,36,46-47H,1,10-13,16-19H2,2-9H3/b15-14+/t23?,28-,29-,33?,34-,36+,41-,42-,43+/m0/s1. The smallest absolute Gasteiger partial charge is 0.208 e. The second kappa shape index (κ2) is 10.1. The number of hydrogen-bond acceptors (Lipinski definition) is 6. The van der Waals surface area contributed by atoms with Crippen molar-refractivity contribution in [1.29, 1.82) is 0 Å². The summed E-state index contributed by atoms with van der Waals surface area (Å²) in [6.07, 6.45) is 10.8. The van der Waals surface area contributed by atoms with Gasteiger partial charge in [0, 0.05) is 46.4 Å². The van der Waals surface area contributed by atoms with Gasteiger partial charge in [-0.05, 0) is 119 Å². The highest BCUT2D eigenvalue weighted by atomic mass is 16.5. The maximum atomic E-state index is 14.9. The molecule has 7 nitrogen and oxygen atoms in total. The molecule has 4 heterocycles. The third-order valence-electron chi connectivity index (χ3n) is 15.0. The predicted octanol–water partition coefficient (Wildman–Crippen LogP) is 7.97. The molecule has 266 valence electrons. The number of benzene rings is 1. The third-order valence-corrected chi connectivity index (χ3v) is 15.0. The zero-order valence-electron chi connectivity index (χ0n) is 31.2. The molecule has 0 bridgehead atoms. The lowest BCUT2D eigenvalue weighted by atomic mass is 9.40. The fraction of sp³-hybridized carbons (Fsp3) is 0.628. The zero-order valence-corrected chi connectivity index (χ0v) is 31.2. The van der Waals surface area contributed by atoms with Crippen molar-refractivity contribution in [2.24, 2.45) is 33.6 Å². The monoisotopic (exact) mass is 678 g/mol. The summed E-state index contributed by atoms with van der Waals surface area (Å²) in [7, 11) is 0. The Kier molecular flexibility index (Phi) is 6.65. The van der Waals surface area contributed by atoms with Crippen LogP contribution in [-0.2, 0) is 21.3 Å². The minimum atomic E-state index is -0.835. The molecule has 2 N–H and O–H groups in total. The average Bonchev–Trinajstić information content (AvgIpc) is 3.71. The number of nitrogens with zero attached hydrogens (tertiary/aromatic N) is 2. The van der Waals surface area contributed by atoms with Crippen LogP contribution in [0.4, 0.5) is 0 Å². The summed E-state index contributed by atoms with van der Waals surface area (Å²) in [5, 5.41) is 25.1. The number of aliphatic hydroxyl groups excluding tert-OH is 2. The Hall–Kier alpha value is -3.00. The van der Waals surface area contributed by atoms with Gasteiger partial charge in [0.15, 0.2) is 5.78 Å². The maximum absolute atomic E-state index is 14.9. The highest BCUT2D eigenvalue weighted by Gasteiger charge is 2.68. The minimum absolute atomic E-state index is 0.0538. The molecule has 1 aromatic heterocycles. The van der Waals surface area contributed by atoms with Gasteiger partial charge in [-0.2, -0.15) is 0 Å². The van der Waals surface area contributed by atoms with E-state index in [4.69, 9.17) is 9.47 Å². The Morgan fingerprint density at radius 3 is 2.56 bits per heavy atom. The van der Waals surface area contributed by atoms with Crippen LogP contribution < -0.4 is 0 Å². The van der Waals surface area contributed by atoms with E-state index in [1.165, 1.54) is 16.6 Å². The van der Waals surface area contributed by atoms with Crippen molar-refractivity contribution in [3.05, 3.63) is 64.4 Å². The number of aliphatic imine (C=N–C) groups is 1. The predicted molar refractivity (Wildman–Crippen MR) is 197 cm³/mol. The zero-order chi connectivity index (χ0) is 35.5. The first-order valence-corrected chi connectivity index (χ1v) is 19.1. The second-order valence-corrected chi connectivity index (χ2v) is 18.6. The van der Waals surface area contributed by atoms with Crippen LogP contribution in [0.15, 0.2) is 41.4 Å². The SMILES string of the molecule is C=C(C)[C@H]1C(=O)c2c3c(cc4c5c(n1c24)[C@@]1(C)C(CC[C@H]2[C@](C)(/C=C/C4=NCCCO4)[C@@H](O)CC[C@@]21C)C5)C1=CC(C)(C)OC(C)(C)C1[C@@H]3O. The molecule has 2 unspecified atom stereocenters. The van der Waals surface area contributed by atoms with Crippen LogP contribution >= 0.6 is 0 Å². The molecule has 9 atom stereocenters. The summed E-state index contributed by atoms with van der Waals surface area (Å²) >= 11 is 0.